The summed E-state index contributed by atoms with van der Waals surface area (Å²) in [7, 11) is 1.64. The molecule has 0 saturated carbocycles. The van der Waals surface area contributed by atoms with Crippen molar-refractivity contribution in [2.75, 3.05) is 33.3 Å². The normalized spacial score (nSPS) is 15.1. The van der Waals surface area contributed by atoms with E-state index in [0.29, 0.717) is 26.2 Å². The maximum absolute atomic E-state index is 13.4. The van der Waals surface area contributed by atoms with Crippen molar-refractivity contribution >= 4 is 23.2 Å². The molecule has 1 aromatic heterocycles. The van der Waals surface area contributed by atoms with Crippen LogP contribution in [0, 0.1) is 0 Å². The lowest BCUT2D eigenvalue weighted by Crippen LogP contribution is -2.28. The maximum Gasteiger partial charge on any atom is 0.258 e. The molecule has 0 aliphatic carbocycles. The van der Waals surface area contributed by atoms with E-state index in [9.17, 15) is 19.8 Å². The Labute approximate surface area is 220 Å². The van der Waals surface area contributed by atoms with Crippen LogP contribution in [0.4, 0.5) is 0 Å². The lowest BCUT2D eigenvalue weighted by atomic mass is 10.1. The number of benzene rings is 2. The Morgan fingerprint density at radius 2 is 1.76 bits per heavy atom. The van der Waals surface area contributed by atoms with Crippen LogP contribution in [0.3, 0.4) is 0 Å². The summed E-state index contributed by atoms with van der Waals surface area (Å²) >= 11 is 1.53. The third-order valence-electron chi connectivity index (χ3n) is 6.96. The molecular formula is C28H31N3O5S. The molecule has 3 heterocycles. The van der Waals surface area contributed by atoms with Crippen LogP contribution >= 0.6 is 11.3 Å². The van der Waals surface area contributed by atoms with E-state index in [2.05, 4.69) is 4.90 Å². The van der Waals surface area contributed by atoms with Gasteiger partial charge < -0.3 is 24.7 Å². The summed E-state index contributed by atoms with van der Waals surface area (Å²) < 4.78 is 5.95. The van der Waals surface area contributed by atoms with Gasteiger partial charge in [-0.15, -0.1) is 11.3 Å². The highest BCUT2D eigenvalue weighted by Crippen LogP contribution is 2.33. The van der Waals surface area contributed by atoms with Crippen LogP contribution in [0.2, 0.25) is 0 Å². The van der Waals surface area contributed by atoms with Gasteiger partial charge in [0, 0.05) is 37.6 Å². The van der Waals surface area contributed by atoms with E-state index in [1.54, 1.807) is 11.9 Å². The summed E-state index contributed by atoms with van der Waals surface area (Å²) in [6.45, 7) is 4.94. The van der Waals surface area contributed by atoms with E-state index in [4.69, 9.17) is 4.74 Å². The van der Waals surface area contributed by atoms with Gasteiger partial charge in [0.15, 0.2) is 0 Å². The molecule has 0 bridgehead atoms. The number of aromatic hydroxyl groups is 2. The van der Waals surface area contributed by atoms with Crippen molar-refractivity contribution < 1.29 is 24.5 Å². The Hall–Kier alpha value is -3.56. The summed E-state index contributed by atoms with van der Waals surface area (Å²) in [4.78, 5) is 32.9. The van der Waals surface area contributed by atoms with Crippen molar-refractivity contribution in [2.45, 2.75) is 32.5 Å². The third kappa shape index (κ3) is 5.57. The Morgan fingerprint density at radius 3 is 2.51 bits per heavy atom. The SMILES string of the molecule is CN(Cc1cccs1)C(=O)c1cc(C(=O)N2Cc3ccc(OCCN4CCCC4)cc3C2)c(O)cc1O. The fraction of sp³-hybridized carbons (Fsp3) is 0.357. The standard InChI is InChI=1S/C28H31N3O5S/c1-29(18-22-5-4-12-37-22)27(34)23-14-24(26(33)15-25(23)32)28(35)31-16-19-6-7-21(13-20(19)17-31)36-11-10-30-8-2-3-9-30/h4-7,12-15,32-33H,2-3,8-11,16-18H2,1H3. The number of nitrogens with zero attached hydrogens (tertiary/aromatic N) is 3. The van der Waals surface area contributed by atoms with Crippen LogP contribution in [-0.2, 0) is 19.6 Å². The average molecular weight is 522 g/mol. The number of carbonyl (C=O) groups excluding carboxylic acids is 2. The van der Waals surface area contributed by atoms with Crippen LogP contribution in [-0.4, -0.2) is 70.0 Å². The number of fused-ring (bicyclic) bond motifs is 1. The predicted octanol–water partition coefficient (Wildman–Crippen LogP) is 4.06. The Kier molecular flexibility index (Phi) is 7.34. The molecule has 2 N–H and O–H groups in total. The number of phenolic OH excluding ortho intramolecular Hbond substituents is 2. The summed E-state index contributed by atoms with van der Waals surface area (Å²) in [5.74, 6) is -0.777. The van der Waals surface area contributed by atoms with E-state index in [1.807, 2.05) is 35.7 Å². The van der Waals surface area contributed by atoms with Crippen LogP contribution in [0.15, 0.2) is 47.8 Å². The molecule has 3 aromatic rings. The Bertz CT molecular complexity index is 1290. The molecule has 0 radical (unpaired) electrons. The second kappa shape index (κ2) is 10.8. The van der Waals surface area contributed by atoms with Crippen molar-refractivity contribution in [2.24, 2.45) is 0 Å². The van der Waals surface area contributed by atoms with Crippen molar-refractivity contribution in [1.29, 1.82) is 0 Å². The maximum atomic E-state index is 13.4. The molecule has 0 atom stereocenters. The van der Waals surface area contributed by atoms with Crippen molar-refractivity contribution in [3.63, 3.8) is 0 Å². The van der Waals surface area contributed by atoms with Crippen LogP contribution in [0.25, 0.3) is 0 Å². The van der Waals surface area contributed by atoms with Gasteiger partial charge in [-0.3, -0.25) is 14.5 Å². The van der Waals surface area contributed by atoms with Crippen molar-refractivity contribution in [3.8, 4) is 17.2 Å². The quantitative estimate of drug-likeness (QED) is 0.464. The molecule has 194 valence electrons. The molecule has 0 spiro atoms. The number of amides is 2. The number of thiophene rings is 1. The minimum absolute atomic E-state index is 0.0134. The summed E-state index contributed by atoms with van der Waals surface area (Å²) in [5, 5.41) is 22.8. The van der Waals surface area contributed by atoms with Gasteiger partial charge in [0.05, 0.1) is 17.7 Å². The summed E-state index contributed by atoms with van der Waals surface area (Å²) in [5.41, 5.74) is 1.98. The van der Waals surface area contributed by atoms with E-state index >= 15 is 0 Å². The zero-order valence-electron chi connectivity index (χ0n) is 20.9. The molecule has 0 unspecified atom stereocenters. The molecule has 1 fully saturated rings. The summed E-state index contributed by atoms with van der Waals surface area (Å²) in [6.07, 6.45) is 2.50. The molecule has 37 heavy (non-hydrogen) atoms. The fourth-order valence-electron chi connectivity index (χ4n) is 4.91. The molecule has 2 aliphatic rings. The second-order valence-electron chi connectivity index (χ2n) is 9.62. The highest BCUT2D eigenvalue weighted by atomic mass is 32.1. The van der Waals surface area contributed by atoms with Gasteiger partial charge >= 0.3 is 0 Å². The second-order valence-corrected chi connectivity index (χ2v) is 10.6. The van der Waals surface area contributed by atoms with Crippen molar-refractivity contribution in [3.05, 3.63) is 75.0 Å². The molecule has 8 nitrogen and oxygen atoms in total. The zero-order chi connectivity index (χ0) is 25.9. The minimum Gasteiger partial charge on any atom is -0.507 e. The molecule has 1 saturated heterocycles. The lowest BCUT2D eigenvalue weighted by molar-refractivity contribution is 0.0748. The first-order chi connectivity index (χ1) is 17.9. The van der Waals surface area contributed by atoms with Gasteiger partial charge in [0.2, 0.25) is 0 Å². The Balaban J connectivity index is 1.26. The first-order valence-electron chi connectivity index (χ1n) is 12.5. The molecule has 2 aliphatic heterocycles. The van der Waals surface area contributed by atoms with Gasteiger partial charge in [-0.25, -0.2) is 0 Å². The summed E-state index contributed by atoms with van der Waals surface area (Å²) in [6, 6.07) is 12.1. The fourth-order valence-corrected chi connectivity index (χ4v) is 5.66. The predicted molar refractivity (Wildman–Crippen MR) is 141 cm³/mol. The van der Waals surface area contributed by atoms with E-state index < -0.39 is 11.8 Å². The van der Waals surface area contributed by atoms with Gasteiger partial charge in [-0.05, 0) is 66.7 Å². The number of hydrogen-bond acceptors (Lipinski definition) is 7. The zero-order valence-corrected chi connectivity index (χ0v) is 21.7. The van der Waals surface area contributed by atoms with Crippen LogP contribution in [0.1, 0.15) is 49.6 Å². The highest BCUT2D eigenvalue weighted by molar-refractivity contribution is 7.09. The molecule has 9 heteroatoms. The number of rotatable bonds is 8. The smallest absolute Gasteiger partial charge is 0.258 e. The van der Waals surface area contributed by atoms with Gasteiger partial charge in [-0.1, -0.05) is 12.1 Å². The van der Waals surface area contributed by atoms with Crippen molar-refractivity contribution in [1.82, 2.24) is 14.7 Å². The minimum atomic E-state index is -0.430. The number of ether oxygens (including phenoxy) is 1. The highest BCUT2D eigenvalue weighted by Gasteiger charge is 2.29. The van der Waals surface area contributed by atoms with E-state index in [1.165, 1.54) is 35.1 Å². The number of carbonyl (C=O) groups is 2. The number of phenols is 2. The Morgan fingerprint density at radius 1 is 1.00 bits per heavy atom. The topological polar surface area (TPSA) is 93.6 Å². The lowest BCUT2D eigenvalue weighted by Gasteiger charge is -2.20. The average Bonchev–Trinajstić information content (AvgIpc) is 3.65. The number of hydrogen-bond donors (Lipinski definition) is 2. The number of likely N-dealkylation sites (tertiary alicyclic amines) is 1. The third-order valence-corrected chi connectivity index (χ3v) is 7.82. The molecule has 2 amide bonds. The monoisotopic (exact) mass is 521 g/mol. The van der Waals surface area contributed by atoms with Gasteiger partial charge in [0.1, 0.15) is 23.9 Å². The van der Waals surface area contributed by atoms with E-state index in [0.717, 1.165) is 47.5 Å². The first kappa shape index (κ1) is 25.1. The molecule has 2 aromatic carbocycles. The van der Waals surface area contributed by atoms with Crippen LogP contribution in [0.5, 0.6) is 17.2 Å². The van der Waals surface area contributed by atoms with Gasteiger partial charge in [0.25, 0.3) is 11.8 Å². The largest absolute Gasteiger partial charge is 0.507 e. The van der Waals surface area contributed by atoms with Crippen LogP contribution < -0.4 is 4.74 Å². The van der Waals surface area contributed by atoms with Gasteiger partial charge in [-0.2, -0.15) is 0 Å². The molecular weight excluding hydrogens is 490 g/mol. The van der Waals surface area contributed by atoms with E-state index in [-0.39, 0.29) is 22.6 Å². The molecule has 5 rings (SSSR count). The first-order valence-corrected chi connectivity index (χ1v) is 13.4.